The molecule has 10 nitrogen and oxygen atoms in total. The van der Waals surface area contributed by atoms with E-state index in [1.165, 1.54) is 45.1 Å². The number of fused-ring (bicyclic) bond motifs is 2. The van der Waals surface area contributed by atoms with Gasteiger partial charge < -0.3 is 19.6 Å². The Balaban J connectivity index is 1.72. The van der Waals surface area contributed by atoms with Gasteiger partial charge in [-0.3, -0.25) is 4.72 Å². The van der Waals surface area contributed by atoms with E-state index in [0.717, 1.165) is 11.8 Å². The highest BCUT2D eigenvalue weighted by Gasteiger charge is 2.25. The quantitative estimate of drug-likeness (QED) is 0.169. The predicted molar refractivity (Wildman–Crippen MR) is 142 cm³/mol. The molecule has 0 bridgehead atoms. The summed E-state index contributed by atoms with van der Waals surface area (Å²) in [7, 11) is -1.34. The third-order valence-electron chi connectivity index (χ3n) is 5.40. The summed E-state index contributed by atoms with van der Waals surface area (Å²) < 4.78 is 40.2. The number of phenolic OH excluding ortho intramolecular Hbond substituents is 1. The van der Waals surface area contributed by atoms with Gasteiger partial charge in [0, 0.05) is 10.8 Å². The maximum atomic E-state index is 13.4. The fourth-order valence-corrected chi connectivity index (χ4v) is 6.89. The number of rotatable bonds is 7. The highest BCUT2D eigenvalue weighted by Crippen LogP contribution is 2.47. The minimum atomic E-state index is -4.25. The van der Waals surface area contributed by atoms with Crippen molar-refractivity contribution in [2.45, 2.75) is 14.8 Å². The largest absolute Gasteiger partial charge is 0.506 e. The van der Waals surface area contributed by atoms with Gasteiger partial charge >= 0.3 is 0 Å². The molecule has 0 saturated heterocycles. The molecule has 37 heavy (non-hydrogen) atoms. The topological polar surface area (TPSA) is 139 Å². The van der Waals surface area contributed by atoms with Gasteiger partial charge in [-0.2, -0.15) is 0 Å². The molecule has 5 rings (SSSR count). The molecule has 0 fully saturated rings. The van der Waals surface area contributed by atoms with Crippen LogP contribution in [0, 0.1) is 0 Å². The number of benzene rings is 3. The van der Waals surface area contributed by atoms with Crippen LogP contribution in [0.5, 0.6) is 17.2 Å². The van der Waals surface area contributed by atoms with Gasteiger partial charge in [-0.15, -0.1) is 0 Å². The van der Waals surface area contributed by atoms with E-state index >= 15 is 0 Å². The molecule has 3 aromatic carbocycles. The van der Waals surface area contributed by atoms with Crippen LogP contribution in [0.15, 0.2) is 63.9 Å². The Morgan fingerprint density at radius 3 is 2.35 bits per heavy atom. The van der Waals surface area contributed by atoms with Crippen LogP contribution in [-0.4, -0.2) is 47.7 Å². The summed E-state index contributed by atoms with van der Waals surface area (Å²) in [4.78, 5) is 15.5. The lowest BCUT2D eigenvalue weighted by atomic mass is 10.1. The number of aromatic nitrogens is 4. The number of phenols is 1. The minimum Gasteiger partial charge on any atom is -0.506 e. The zero-order valence-corrected chi connectivity index (χ0v) is 22.3. The van der Waals surface area contributed by atoms with Gasteiger partial charge in [0.25, 0.3) is 10.0 Å². The van der Waals surface area contributed by atoms with E-state index in [1.54, 1.807) is 18.2 Å². The highest BCUT2D eigenvalue weighted by molar-refractivity contribution is 7.99. The van der Waals surface area contributed by atoms with Gasteiger partial charge in [0.2, 0.25) is 0 Å². The first-order valence-corrected chi connectivity index (χ1v) is 13.5. The Bertz CT molecular complexity index is 1760. The van der Waals surface area contributed by atoms with Crippen molar-refractivity contribution < 1.29 is 23.0 Å². The molecule has 0 atom stereocenters. The van der Waals surface area contributed by atoms with Gasteiger partial charge in [0.1, 0.15) is 27.5 Å². The molecular weight excluding hydrogens is 561 g/mol. The number of nitrogens with one attached hydrogen (secondary N) is 2. The number of methoxy groups -OCH3 is 2. The van der Waals surface area contributed by atoms with E-state index in [0.29, 0.717) is 43.4 Å². The Hall–Kier alpha value is -3.45. The van der Waals surface area contributed by atoms with E-state index in [4.69, 9.17) is 32.7 Å². The molecule has 5 aromatic rings. The first-order valence-electron chi connectivity index (χ1n) is 10.4. The van der Waals surface area contributed by atoms with Gasteiger partial charge in [-0.25, -0.2) is 23.4 Å². The molecule has 0 spiro atoms. The van der Waals surface area contributed by atoms with Crippen molar-refractivity contribution in [1.29, 1.82) is 0 Å². The second-order valence-corrected chi connectivity index (χ2v) is 11.0. The van der Waals surface area contributed by atoms with E-state index in [-0.39, 0.29) is 26.4 Å². The van der Waals surface area contributed by atoms with Crippen molar-refractivity contribution >= 4 is 72.6 Å². The lowest BCUT2D eigenvalue weighted by molar-refractivity contribution is 0.355. The number of nitrogens with zero attached hydrogens (tertiary/aromatic N) is 3. The van der Waals surface area contributed by atoms with Gasteiger partial charge in [-0.1, -0.05) is 41.0 Å². The summed E-state index contributed by atoms with van der Waals surface area (Å²) in [5.74, 6) is 0.556. The average Bonchev–Trinajstić information content (AvgIpc) is 3.35. The summed E-state index contributed by atoms with van der Waals surface area (Å²) in [6.07, 6.45) is 2.83. The monoisotopic (exact) mass is 577 g/mol. The zero-order valence-electron chi connectivity index (χ0n) is 19.1. The van der Waals surface area contributed by atoms with Crippen molar-refractivity contribution in [2.24, 2.45) is 0 Å². The lowest BCUT2D eigenvalue weighted by Gasteiger charge is -2.17. The van der Waals surface area contributed by atoms with Gasteiger partial charge in [0.15, 0.2) is 17.1 Å². The summed E-state index contributed by atoms with van der Waals surface area (Å²) in [5.41, 5.74) is 1.14. The Kier molecular flexibility index (Phi) is 6.67. The van der Waals surface area contributed by atoms with Crippen LogP contribution >= 0.6 is 35.0 Å². The number of hydrogen-bond acceptors (Lipinski definition) is 9. The van der Waals surface area contributed by atoms with Crippen LogP contribution in [0.25, 0.3) is 21.9 Å². The van der Waals surface area contributed by atoms with Gasteiger partial charge in [-0.05, 0) is 30.3 Å². The van der Waals surface area contributed by atoms with Crippen LogP contribution in [0.3, 0.4) is 0 Å². The number of aromatic hydroxyl groups is 1. The fourth-order valence-electron chi connectivity index (χ4n) is 3.73. The molecule has 3 N–H and O–H groups in total. The maximum absolute atomic E-state index is 13.4. The highest BCUT2D eigenvalue weighted by atomic mass is 35.5. The van der Waals surface area contributed by atoms with Crippen LogP contribution in [0.2, 0.25) is 10.0 Å². The van der Waals surface area contributed by atoms with Crippen molar-refractivity contribution in [3.63, 3.8) is 0 Å². The summed E-state index contributed by atoms with van der Waals surface area (Å²) >= 11 is 13.5. The van der Waals surface area contributed by atoms with Crippen molar-refractivity contribution in [2.75, 3.05) is 18.9 Å². The third kappa shape index (κ3) is 4.57. The molecule has 0 amide bonds. The second-order valence-electron chi connectivity index (χ2n) is 7.56. The molecule has 2 heterocycles. The van der Waals surface area contributed by atoms with E-state index in [9.17, 15) is 13.5 Å². The molecule has 0 saturated carbocycles. The van der Waals surface area contributed by atoms with Crippen LogP contribution < -0.4 is 14.2 Å². The predicted octanol–water partition coefficient (Wildman–Crippen LogP) is 5.49. The SMILES string of the molecule is COc1cc2c(NS(=O)(=O)c3c(Cl)cccc3Cl)cc(Sc3ncnc4nc[nH]c34)c(O)c2cc1OC. The number of hydrogen-bond donors (Lipinski definition) is 3. The number of sulfonamides is 1. The zero-order chi connectivity index (χ0) is 26.3. The van der Waals surface area contributed by atoms with E-state index in [1.807, 2.05) is 0 Å². The number of halogens is 2. The molecular formula is C23H17Cl2N5O5S2. The lowest BCUT2D eigenvalue weighted by Crippen LogP contribution is -2.14. The summed E-state index contributed by atoms with van der Waals surface area (Å²) in [6, 6.07) is 9.00. The summed E-state index contributed by atoms with van der Waals surface area (Å²) in [6.45, 7) is 0. The summed E-state index contributed by atoms with van der Waals surface area (Å²) in [5, 5.41) is 12.3. The third-order valence-corrected chi connectivity index (χ3v) is 8.76. The molecule has 190 valence electrons. The number of aromatic amines is 1. The van der Waals surface area contributed by atoms with Crippen LogP contribution in [-0.2, 0) is 10.0 Å². The first-order chi connectivity index (χ1) is 17.7. The molecule has 0 radical (unpaired) electrons. The number of H-pyrrole nitrogens is 1. The van der Waals surface area contributed by atoms with E-state index in [2.05, 4.69) is 24.7 Å². The number of imidazole rings is 1. The smallest absolute Gasteiger partial charge is 0.264 e. The van der Waals surface area contributed by atoms with Crippen molar-refractivity contribution in [3.05, 3.63) is 59.1 Å². The molecule has 0 unspecified atom stereocenters. The Labute approximate surface area is 225 Å². The fraction of sp³-hybridized carbons (Fsp3) is 0.0870. The normalized spacial score (nSPS) is 11.7. The molecule has 14 heteroatoms. The Morgan fingerprint density at radius 1 is 1.00 bits per heavy atom. The molecule has 2 aromatic heterocycles. The van der Waals surface area contributed by atoms with Crippen molar-refractivity contribution in [3.8, 4) is 17.2 Å². The molecule has 0 aliphatic carbocycles. The number of ether oxygens (including phenoxy) is 2. The molecule has 0 aliphatic rings. The second kappa shape index (κ2) is 9.78. The molecule has 0 aliphatic heterocycles. The maximum Gasteiger partial charge on any atom is 0.264 e. The van der Waals surface area contributed by atoms with E-state index < -0.39 is 10.0 Å². The first kappa shape index (κ1) is 25.2. The average molecular weight is 578 g/mol. The van der Waals surface area contributed by atoms with Crippen LogP contribution in [0.4, 0.5) is 5.69 Å². The van der Waals surface area contributed by atoms with Crippen molar-refractivity contribution in [1.82, 2.24) is 19.9 Å². The Morgan fingerprint density at radius 2 is 1.68 bits per heavy atom. The van der Waals surface area contributed by atoms with Crippen LogP contribution in [0.1, 0.15) is 0 Å². The standard InChI is InChI=1S/C23H17Cl2N5O5S2/c1-34-16-6-11-12(7-17(16)35-2)20(31)18(36-23-19-22(27-9-26-19)28-10-29-23)8-15(11)30-37(32,33)21-13(24)4-3-5-14(21)25/h3-10,30-31H,1-2H3,(H,26,27,28,29). The minimum absolute atomic E-state index is 0.0421. The van der Waals surface area contributed by atoms with Gasteiger partial charge in [0.05, 0.1) is 41.2 Å². The number of anilines is 1.